The standard InChI is InChI=1S/C25H27N5O5S/c1-2-3-25(31)26-19-5-7-20(8-6-19)36(32,33)30-14-12-29(13-15-30)24-11-9-21(27-28-24)18-4-10-22-23(16-18)35-17-34-22/h4-11,16H,2-3,12-15,17H2,1H3,(H,26,31). The van der Waals surface area contributed by atoms with E-state index >= 15 is 0 Å². The Bertz CT molecular complexity index is 1340. The highest BCUT2D eigenvalue weighted by molar-refractivity contribution is 7.89. The lowest BCUT2D eigenvalue weighted by molar-refractivity contribution is -0.116. The maximum Gasteiger partial charge on any atom is 0.243 e. The Hall–Kier alpha value is -3.70. The predicted octanol–water partition coefficient (Wildman–Crippen LogP) is 3.12. The Kier molecular flexibility index (Phi) is 6.75. The molecule has 0 spiro atoms. The van der Waals surface area contributed by atoms with Crippen LogP contribution in [-0.4, -0.2) is 61.8 Å². The summed E-state index contributed by atoms with van der Waals surface area (Å²) in [6.07, 6.45) is 1.18. The van der Waals surface area contributed by atoms with E-state index < -0.39 is 10.0 Å². The number of hydrogen-bond donors (Lipinski definition) is 1. The number of hydrogen-bond acceptors (Lipinski definition) is 8. The number of nitrogens with zero attached hydrogens (tertiary/aromatic N) is 4. The van der Waals surface area contributed by atoms with Gasteiger partial charge in [0.05, 0.1) is 10.6 Å². The summed E-state index contributed by atoms with van der Waals surface area (Å²) in [5, 5.41) is 11.5. The van der Waals surface area contributed by atoms with Crippen molar-refractivity contribution in [2.24, 2.45) is 0 Å². The molecule has 11 heteroatoms. The molecule has 0 bridgehead atoms. The number of carbonyl (C=O) groups is 1. The van der Waals surface area contributed by atoms with Gasteiger partial charge >= 0.3 is 0 Å². The number of ether oxygens (including phenoxy) is 2. The molecule has 0 saturated carbocycles. The highest BCUT2D eigenvalue weighted by Crippen LogP contribution is 2.35. The van der Waals surface area contributed by atoms with Gasteiger partial charge in [-0.3, -0.25) is 4.79 Å². The normalized spacial score (nSPS) is 15.6. The first-order valence-corrected chi connectivity index (χ1v) is 13.3. The summed E-state index contributed by atoms with van der Waals surface area (Å²) in [4.78, 5) is 14.0. The van der Waals surface area contributed by atoms with E-state index in [-0.39, 0.29) is 17.6 Å². The highest BCUT2D eigenvalue weighted by atomic mass is 32.2. The number of sulfonamides is 1. The van der Waals surface area contributed by atoms with E-state index in [1.165, 1.54) is 16.4 Å². The van der Waals surface area contributed by atoms with Gasteiger partial charge in [-0.2, -0.15) is 4.31 Å². The Labute approximate surface area is 209 Å². The second-order valence-corrected chi connectivity index (χ2v) is 10.5. The summed E-state index contributed by atoms with van der Waals surface area (Å²) in [6.45, 7) is 3.82. The van der Waals surface area contributed by atoms with Gasteiger partial charge in [-0.1, -0.05) is 6.92 Å². The topological polar surface area (TPSA) is 114 Å². The zero-order chi connectivity index (χ0) is 25.1. The minimum absolute atomic E-state index is 0.0868. The molecule has 1 aromatic heterocycles. The molecule has 1 saturated heterocycles. The number of benzene rings is 2. The van der Waals surface area contributed by atoms with Crippen molar-refractivity contribution in [1.29, 1.82) is 0 Å². The van der Waals surface area contributed by atoms with E-state index in [0.29, 0.717) is 61.3 Å². The Morgan fingerprint density at radius 3 is 2.39 bits per heavy atom. The first kappa shape index (κ1) is 24.0. The molecule has 3 heterocycles. The maximum atomic E-state index is 13.1. The first-order valence-electron chi connectivity index (χ1n) is 11.8. The van der Waals surface area contributed by atoms with Crippen LogP contribution in [0.1, 0.15) is 19.8 Å². The number of fused-ring (bicyclic) bond motifs is 1. The lowest BCUT2D eigenvalue weighted by Crippen LogP contribution is -2.49. The lowest BCUT2D eigenvalue weighted by Gasteiger charge is -2.34. The van der Waals surface area contributed by atoms with Gasteiger partial charge in [0.2, 0.25) is 22.7 Å². The first-order chi connectivity index (χ1) is 17.4. The smallest absolute Gasteiger partial charge is 0.243 e. The molecule has 0 atom stereocenters. The summed E-state index contributed by atoms with van der Waals surface area (Å²) in [5.74, 6) is 2.01. The zero-order valence-corrected chi connectivity index (χ0v) is 20.7. The van der Waals surface area contributed by atoms with E-state index in [2.05, 4.69) is 15.5 Å². The molecular weight excluding hydrogens is 482 g/mol. The van der Waals surface area contributed by atoms with E-state index in [9.17, 15) is 13.2 Å². The van der Waals surface area contributed by atoms with Crippen molar-refractivity contribution < 1.29 is 22.7 Å². The monoisotopic (exact) mass is 509 g/mol. The van der Waals surface area contributed by atoms with Crippen molar-refractivity contribution in [2.75, 3.05) is 43.2 Å². The van der Waals surface area contributed by atoms with Crippen molar-refractivity contribution in [3.63, 3.8) is 0 Å². The Morgan fingerprint density at radius 2 is 1.69 bits per heavy atom. The van der Waals surface area contributed by atoms with Gasteiger partial charge in [-0.25, -0.2) is 8.42 Å². The number of anilines is 2. The van der Waals surface area contributed by atoms with Crippen LogP contribution in [-0.2, 0) is 14.8 Å². The minimum atomic E-state index is -3.64. The fourth-order valence-corrected chi connectivity index (χ4v) is 5.59. The minimum Gasteiger partial charge on any atom is -0.454 e. The summed E-state index contributed by atoms with van der Waals surface area (Å²) in [6, 6.07) is 15.7. The Balaban J connectivity index is 1.20. The molecule has 3 aromatic rings. The third-order valence-corrected chi connectivity index (χ3v) is 8.05. The van der Waals surface area contributed by atoms with Gasteiger partial charge in [-0.15, -0.1) is 10.2 Å². The number of aromatic nitrogens is 2. The van der Waals surface area contributed by atoms with E-state index in [1.807, 2.05) is 42.2 Å². The van der Waals surface area contributed by atoms with E-state index in [0.717, 1.165) is 12.0 Å². The van der Waals surface area contributed by atoms with Gasteiger partial charge in [0.15, 0.2) is 17.3 Å². The number of nitrogens with one attached hydrogen (secondary N) is 1. The molecule has 2 aliphatic rings. The van der Waals surface area contributed by atoms with Gasteiger partial charge in [0, 0.05) is 43.9 Å². The molecular formula is C25H27N5O5S. The quantitative estimate of drug-likeness (QED) is 0.517. The molecule has 2 aliphatic heterocycles. The van der Waals surface area contributed by atoms with Gasteiger partial charge in [-0.05, 0) is 61.0 Å². The SMILES string of the molecule is CCCC(=O)Nc1ccc(S(=O)(=O)N2CCN(c3ccc(-c4ccc5c(c4)OCO5)nn3)CC2)cc1. The van der Waals surface area contributed by atoms with Crippen molar-refractivity contribution in [1.82, 2.24) is 14.5 Å². The largest absolute Gasteiger partial charge is 0.454 e. The van der Waals surface area contributed by atoms with Crippen LogP contribution in [0.15, 0.2) is 59.5 Å². The van der Waals surface area contributed by atoms with Gasteiger partial charge < -0.3 is 19.7 Å². The van der Waals surface area contributed by atoms with Gasteiger partial charge in [0.25, 0.3) is 0 Å². The van der Waals surface area contributed by atoms with Crippen molar-refractivity contribution in [2.45, 2.75) is 24.7 Å². The van der Waals surface area contributed by atoms with Crippen LogP contribution in [0.4, 0.5) is 11.5 Å². The van der Waals surface area contributed by atoms with Crippen molar-refractivity contribution in [3.05, 3.63) is 54.6 Å². The summed E-state index contributed by atoms with van der Waals surface area (Å²) < 4.78 is 38.5. The second kappa shape index (κ2) is 10.1. The molecule has 0 aliphatic carbocycles. The van der Waals surface area contributed by atoms with E-state index in [4.69, 9.17) is 9.47 Å². The molecule has 1 amide bonds. The van der Waals surface area contributed by atoms with Crippen molar-refractivity contribution >= 4 is 27.4 Å². The maximum absolute atomic E-state index is 13.1. The predicted molar refractivity (Wildman–Crippen MR) is 135 cm³/mol. The van der Waals surface area contributed by atoms with E-state index in [1.54, 1.807) is 12.1 Å². The fraction of sp³-hybridized carbons (Fsp3) is 0.320. The summed E-state index contributed by atoms with van der Waals surface area (Å²) in [7, 11) is -3.64. The second-order valence-electron chi connectivity index (χ2n) is 8.56. The van der Waals surface area contributed by atoms with Crippen LogP contribution in [0.5, 0.6) is 11.5 Å². The number of piperazine rings is 1. The molecule has 10 nitrogen and oxygen atoms in total. The average Bonchev–Trinajstić information content (AvgIpc) is 3.37. The molecule has 36 heavy (non-hydrogen) atoms. The van der Waals surface area contributed by atoms with Crippen LogP contribution >= 0.6 is 0 Å². The molecule has 0 radical (unpaired) electrons. The van der Waals surface area contributed by atoms with Crippen LogP contribution in [0.2, 0.25) is 0 Å². The van der Waals surface area contributed by atoms with Crippen LogP contribution in [0.3, 0.4) is 0 Å². The van der Waals surface area contributed by atoms with Crippen molar-refractivity contribution in [3.8, 4) is 22.8 Å². The van der Waals surface area contributed by atoms with Crippen LogP contribution < -0.4 is 19.7 Å². The van der Waals surface area contributed by atoms with Crippen LogP contribution in [0.25, 0.3) is 11.3 Å². The molecule has 5 rings (SSSR count). The summed E-state index contributed by atoms with van der Waals surface area (Å²) in [5.41, 5.74) is 2.18. The number of carbonyl (C=O) groups excluding carboxylic acids is 1. The molecule has 2 aromatic carbocycles. The average molecular weight is 510 g/mol. The third-order valence-electron chi connectivity index (χ3n) is 6.13. The van der Waals surface area contributed by atoms with Gasteiger partial charge in [0.1, 0.15) is 0 Å². The zero-order valence-electron chi connectivity index (χ0n) is 19.9. The lowest BCUT2D eigenvalue weighted by atomic mass is 10.1. The summed E-state index contributed by atoms with van der Waals surface area (Å²) >= 11 is 0. The molecule has 1 fully saturated rings. The molecule has 188 valence electrons. The fourth-order valence-electron chi connectivity index (χ4n) is 4.17. The van der Waals surface area contributed by atoms with Crippen LogP contribution in [0, 0.1) is 0 Å². The molecule has 0 unspecified atom stereocenters. The number of rotatable bonds is 7. The molecule has 1 N–H and O–H groups in total. The highest BCUT2D eigenvalue weighted by Gasteiger charge is 2.29. The third kappa shape index (κ3) is 4.98. The Morgan fingerprint density at radius 1 is 0.944 bits per heavy atom. The number of amides is 1.